The average molecular weight is 360 g/mol. The van der Waals surface area contributed by atoms with Crippen LogP contribution >= 0.6 is 34.8 Å². The van der Waals surface area contributed by atoms with Gasteiger partial charge in [0.1, 0.15) is 4.90 Å². The maximum absolute atomic E-state index is 12.3. The van der Waals surface area contributed by atoms with Gasteiger partial charge in [0.15, 0.2) is 0 Å². The van der Waals surface area contributed by atoms with Crippen LogP contribution in [0.1, 0.15) is 26.2 Å². The van der Waals surface area contributed by atoms with Gasteiger partial charge in [0.25, 0.3) is 0 Å². The van der Waals surface area contributed by atoms with Gasteiger partial charge in [-0.2, -0.15) is 0 Å². The molecule has 0 amide bonds. The van der Waals surface area contributed by atoms with Crippen molar-refractivity contribution in [2.24, 2.45) is 5.73 Å². The summed E-state index contributed by atoms with van der Waals surface area (Å²) in [6, 6.07) is 2.34. The Bertz CT molecular complexity index is 541. The summed E-state index contributed by atoms with van der Waals surface area (Å²) in [6.45, 7) is 2.23. The Labute approximate surface area is 134 Å². The van der Waals surface area contributed by atoms with E-state index in [0.29, 0.717) is 6.42 Å². The van der Waals surface area contributed by atoms with Crippen LogP contribution in [0.3, 0.4) is 0 Å². The minimum Gasteiger partial charge on any atom is -0.329 e. The summed E-state index contributed by atoms with van der Waals surface area (Å²) in [5.74, 6) is 0. The second-order valence-electron chi connectivity index (χ2n) is 4.39. The van der Waals surface area contributed by atoms with Crippen molar-refractivity contribution in [3.63, 3.8) is 0 Å². The number of nitrogens with one attached hydrogen (secondary N) is 1. The number of halogens is 3. The summed E-state index contributed by atoms with van der Waals surface area (Å²) in [4.78, 5) is -0.166. The smallest absolute Gasteiger partial charge is 0.243 e. The SMILES string of the molecule is CCCCC(CN)NS(=O)(=O)c1c(Cl)cc(Cl)cc1Cl. The molecule has 114 valence electrons. The molecule has 0 aliphatic heterocycles. The molecule has 1 aromatic carbocycles. The fraction of sp³-hybridized carbons (Fsp3) is 0.500. The Balaban J connectivity index is 3.05. The maximum atomic E-state index is 12.3. The van der Waals surface area contributed by atoms with Gasteiger partial charge in [-0.05, 0) is 18.6 Å². The molecule has 0 saturated heterocycles. The highest BCUT2D eigenvalue weighted by atomic mass is 35.5. The van der Waals surface area contributed by atoms with E-state index in [1.54, 1.807) is 0 Å². The molecule has 8 heteroatoms. The normalized spacial score (nSPS) is 13.4. The van der Waals surface area contributed by atoms with E-state index in [-0.39, 0.29) is 32.5 Å². The number of benzene rings is 1. The Morgan fingerprint density at radius 3 is 2.25 bits per heavy atom. The fourth-order valence-corrected chi connectivity index (χ4v) is 4.57. The molecule has 0 saturated carbocycles. The lowest BCUT2D eigenvalue weighted by atomic mass is 10.1. The molecule has 0 aliphatic carbocycles. The molecule has 3 N–H and O–H groups in total. The summed E-state index contributed by atoms with van der Waals surface area (Å²) in [5.41, 5.74) is 5.58. The van der Waals surface area contributed by atoms with Crippen molar-refractivity contribution in [2.45, 2.75) is 37.1 Å². The third-order valence-corrected chi connectivity index (χ3v) is 5.40. The molecule has 0 aromatic heterocycles. The van der Waals surface area contributed by atoms with E-state index >= 15 is 0 Å². The van der Waals surface area contributed by atoms with Crippen molar-refractivity contribution in [3.8, 4) is 0 Å². The molecule has 4 nitrogen and oxygen atoms in total. The van der Waals surface area contributed by atoms with E-state index in [2.05, 4.69) is 4.72 Å². The summed E-state index contributed by atoms with van der Waals surface area (Å²) < 4.78 is 27.2. The predicted molar refractivity (Wildman–Crippen MR) is 84.2 cm³/mol. The highest BCUT2D eigenvalue weighted by Gasteiger charge is 2.25. The molecule has 1 rings (SSSR count). The molecule has 0 aliphatic rings. The molecule has 1 atom stereocenters. The first-order chi connectivity index (χ1) is 9.31. The van der Waals surface area contributed by atoms with E-state index in [9.17, 15) is 8.42 Å². The Morgan fingerprint density at radius 2 is 1.80 bits per heavy atom. The van der Waals surface area contributed by atoms with Crippen LogP contribution in [0.15, 0.2) is 17.0 Å². The van der Waals surface area contributed by atoms with Gasteiger partial charge in [-0.1, -0.05) is 54.6 Å². The van der Waals surface area contributed by atoms with Crippen molar-refractivity contribution >= 4 is 44.8 Å². The van der Waals surface area contributed by atoms with Crippen molar-refractivity contribution < 1.29 is 8.42 Å². The van der Waals surface area contributed by atoms with Crippen LogP contribution in [-0.2, 0) is 10.0 Å². The van der Waals surface area contributed by atoms with Crippen LogP contribution in [0.2, 0.25) is 15.1 Å². The monoisotopic (exact) mass is 358 g/mol. The van der Waals surface area contributed by atoms with E-state index in [1.165, 1.54) is 12.1 Å². The number of nitrogens with two attached hydrogens (primary N) is 1. The lowest BCUT2D eigenvalue weighted by molar-refractivity contribution is 0.516. The van der Waals surface area contributed by atoms with E-state index in [4.69, 9.17) is 40.5 Å². The molecule has 0 bridgehead atoms. The number of unbranched alkanes of at least 4 members (excludes halogenated alkanes) is 1. The number of hydrogen-bond donors (Lipinski definition) is 2. The third-order valence-electron chi connectivity index (χ3n) is 2.74. The largest absolute Gasteiger partial charge is 0.329 e. The second-order valence-corrected chi connectivity index (χ2v) is 7.30. The Kier molecular flexibility index (Phi) is 7.04. The van der Waals surface area contributed by atoms with Gasteiger partial charge in [-0.15, -0.1) is 0 Å². The number of rotatable bonds is 7. The maximum Gasteiger partial charge on any atom is 0.243 e. The minimum absolute atomic E-state index is 0.0127. The van der Waals surface area contributed by atoms with Gasteiger partial charge in [0.2, 0.25) is 10.0 Å². The van der Waals surface area contributed by atoms with Crippen molar-refractivity contribution in [1.82, 2.24) is 4.72 Å². The first kappa shape index (κ1) is 18.0. The van der Waals surface area contributed by atoms with Gasteiger partial charge in [-0.25, -0.2) is 13.1 Å². The first-order valence-corrected chi connectivity index (χ1v) is 8.80. The molecule has 0 radical (unpaired) electrons. The average Bonchev–Trinajstić information content (AvgIpc) is 2.32. The van der Waals surface area contributed by atoms with Crippen LogP contribution in [-0.4, -0.2) is 21.0 Å². The molecule has 1 aromatic rings. The zero-order valence-corrected chi connectivity index (χ0v) is 14.1. The Hall–Kier alpha value is -0.0400. The molecule has 0 spiro atoms. The lowest BCUT2D eigenvalue weighted by Crippen LogP contribution is -2.40. The van der Waals surface area contributed by atoms with Crippen molar-refractivity contribution in [1.29, 1.82) is 0 Å². The zero-order chi connectivity index (χ0) is 15.3. The molecule has 1 unspecified atom stereocenters. The summed E-state index contributed by atoms with van der Waals surface area (Å²) >= 11 is 17.6. The standard InChI is InChI=1S/C12H17Cl3N2O2S/c1-2-3-4-9(7-16)17-20(18,19)12-10(14)5-8(13)6-11(12)15/h5-6,9,17H,2-4,7,16H2,1H3. The molecular weight excluding hydrogens is 343 g/mol. The van der Waals surface area contributed by atoms with E-state index in [1.807, 2.05) is 6.92 Å². The van der Waals surface area contributed by atoms with Gasteiger partial charge in [0, 0.05) is 17.6 Å². The van der Waals surface area contributed by atoms with Crippen molar-refractivity contribution in [3.05, 3.63) is 27.2 Å². The number of hydrogen-bond acceptors (Lipinski definition) is 3. The summed E-state index contributed by atoms with van der Waals surface area (Å²) in [5, 5.41) is 0.253. The zero-order valence-electron chi connectivity index (χ0n) is 11.0. The van der Waals surface area contributed by atoms with E-state index < -0.39 is 10.0 Å². The highest BCUT2D eigenvalue weighted by Crippen LogP contribution is 2.32. The highest BCUT2D eigenvalue weighted by molar-refractivity contribution is 7.89. The predicted octanol–water partition coefficient (Wildman–Crippen LogP) is 3.44. The number of sulfonamides is 1. The minimum atomic E-state index is -3.83. The van der Waals surface area contributed by atoms with Crippen molar-refractivity contribution in [2.75, 3.05) is 6.54 Å². The lowest BCUT2D eigenvalue weighted by Gasteiger charge is -2.18. The summed E-state index contributed by atoms with van der Waals surface area (Å²) in [7, 11) is -3.83. The van der Waals surface area contributed by atoms with Crippen LogP contribution in [0.5, 0.6) is 0 Å². The molecule has 0 heterocycles. The first-order valence-electron chi connectivity index (χ1n) is 6.18. The van der Waals surface area contributed by atoms with Gasteiger partial charge >= 0.3 is 0 Å². The van der Waals surface area contributed by atoms with Crippen LogP contribution in [0.4, 0.5) is 0 Å². The molecule has 20 heavy (non-hydrogen) atoms. The molecular formula is C12H17Cl3N2O2S. The van der Waals surface area contributed by atoms with E-state index in [0.717, 1.165) is 12.8 Å². The van der Waals surface area contributed by atoms with Crippen LogP contribution < -0.4 is 10.5 Å². The fourth-order valence-electron chi connectivity index (χ4n) is 1.74. The van der Waals surface area contributed by atoms with Gasteiger partial charge in [0.05, 0.1) is 10.0 Å². The third kappa shape index (κ3) is 4.76. The topological polar surface area (TPSA) is 72.2 Å². The van der Waals surface area contributed by atoms with Gasteiger partial charge < -0.3 is 5.73 Å². The summed E-state index contributed by atoms with van der Waals surface area (Å²) in [6.07, 6.45) is 2.50. The quantitative estimate of drug-likeness (QED) is 0.783. The second kappa shape index (κ2) is 7.82. The van der Waals surface area contributed by atoms with Gasteiger partial charge in [-0.3, -0.25) is 0 Å². The molecule has 0 fully saturated rings. The van der Waals surface area contributed by atoms with Crippen LogP contribution in [0, 0.1) is 0 Å². The van der Waals surface area contributed by atoms with Crippen LogP contribution in [0.25, 0.3) is 0 Å². The Morgan fingerprint density at radius 1 is 1.25 bits per heavy atom.